The van der Waals surface area contributed by atoms with E-state index >= 15 is 0 Å². The van der Waals surface area contributed by atoms with Gasteiger partial charge in [0.1, 0.15) is 0 Å². The van der Waals surface area contributed by atoms with Gasteiger partial charge in [0.25, 0.3) is 0 Å². The minimum absolute atomic E-state index is 0.489. The lowest BCUT2D eigenvalue weighted by molar-refractivity contribution is 0.415. The van der Waals surface area contributed by atoms with Gasteiger partial charge in [0, 0.05) is 24.8 Å². The maximum absolute atomic E-state index is 4.28. The molecule has 1 aliphatic carbocycles. The van der Waals surface area contributed by atoms with Crippen LogP contribution in [0.1, 0.15) is 45.2 Å². The first-order valence-electron chi connectivity index (χ1n) is 6.26. The lowest BCUT2D eigenvalue weighted by Gasteiger charge is -2.18. The van der Waals surface area contributed by atoms with Gasteiger partial charge in [-0.15, -0.1) is 0 Å². The number of aryl methyl sites for hydroxylation is 1. The lowest BCUT2D eigenvalue weighted by Crippen LogP contribution is -2.25. The molecule has 1 aliphatic rings. The molecule has 2 rings (SSSR count). The molecule has 0 amide bonds. The van der Waals surface area contributed by atoms with Crippen molar-refractivity contribution in [1.29, 1.82) is 0 Å². The number of nitrogens with one attached hydrogen (secondary N) is 1. The molecule has 1 aromatic rings. The highest BCUT2D eigenvalue weighted by Gasteiger charge is 2.50. The van der Waals surface area contributed by atoms with E-state index in [1.807, 2.05) is 17.9 Å². The van der Waals surface area contributed by atoms with Crippen LogP contribution in [0, 0.1) is 11.3 Å². The normalized spacial score (nSPS) is 24.4. The first-order chi connectivity index (χ1) is 7.54. The van der Waals surface area contributed by atoms with E-state index in [1.165, 1.54) is 18.4 Å². The SMILES string of the molecule is CCCNC(c1cnn(C)c1)C1CC1(C)C. The summed E-state index contributed by atoms with van der Waals surface area (Å²) in [4.78, 5) is 0. The maximum Gasteiger partial charge on any atom is 0.0537 e. The third kappa shape index (κ3) is 2.29. The molecule has 16 heavy (non-hydrogen) atoms. The summed E-state index contributed by atoms with van der Waals surface area (Å²) in [7, 11) is 1.98. The second-order valence-corrected chi connectivity index (χ2v) is 5.68. The molecule has 1 fully saturated rings. The van der Waals surface area contributed by atoms with Crippen LogP contribution in [0.3, 0.4) is 0 Å². The lowest BCUT2D eigenvalue weighted by atomic mass is 9.99. The van der Waals surface area contributed by atoms with E-state index in [9.17, 15) is 0 Å². The predicted octanol–water partition coefficient (Wildman–Crippen LogP) is 2.51. The second kappa shape index (κ2) is 4.21. The highest BCUT2D eigenvalue weighted by Crippen LogP contribution is 2.57. The molecule has 0 bridgehead atoms. The van der Waals surface area contributed by atoms with E-state index in [4.69, 9.17) is 0 Å². The summed E-state index contributed by atoms with van der Waals surface area (Å²) in [6.07, 6.45) is 6.65. The van der Waals surface area contributed by atoms with E-state index in [-0.39, 0.29) is 0 Å². The fourth-order valence-corrected chi connectivity index (χ4v) is 2.47. The third-order valence-corrected chi connectivity index (χ3v) is 3.69. The molecule has 3 heteroatoms. The maximum atomic E-state index is 4.28. The van der Waals surface area contributed by atoms with Crippen molar-refractivity contribution in [2.75, 3.05) is 6.54 Å². The van der Waals surface area contributed by atoms with Gasteiger partial charge in [-0.05, 0) is 30.7 Å². The zero-order chi connectivity index (χ0) is 11.8. The van der Waals surface area contributed by atoms with Crippen LogP contribution in [0.15, 0.2) is 12.4 Å². The number of hydrogen-bond donors (Lipinski definition) is 1. The molecule has 0 saturated heterocycles. The molecule has 1 N–H and O–H groups in total. The Balaban J connectivity index is 2.09. The highest BCUT2D eigenvalue weighted by molar-refractivity contribution is 5.17. The van der Waals surface area contributed by atoms with E-state index in [2.05, 4.69) is 37.4 Å². The highest BCUT2D eigenvalue weighted by atomic mass is 15.2. The first kappa shape index (κ1) is 11.6. The van der Waals surface area contributed by atoms with Gasteiger partial charge in [-0.2, -0.15) is 5.10 Å². The molecule has 2 atom stereocenters. The first-order valence-corrected chi connectivity index (χ1v) is 6.26. The quantitative estimate of drug-likeness (QED) is 0.828. The van der Waals surface area contributed by atoms with E-state index in [0.717, 1.165) is 12.5 Å². The second-order valence-electron chi connectivity index (χ2n) is 5.68. The Bertz CT molecular complexity index is 354. The van der Waals surface area contributed by atoms with Crippen molar-refractivity contribution in [3.63, 3.8) is 0 Å². The number of hydrogen-bond acceptors (Lipinski definition) is 2. The van der Waals surface area contributed by atoms with Crippen LogP contribution in [0.25, 0.3) is 0 Å². The van der Waals surface area contributed by atoms with Crippen LogP contribution in [0.2, 0.25) is 0 Å². The minimum Gasteiger partial charge on any atom is -0.310 e. The van der Waals surface area contributed by atoms with Crippen molar-refractivity contribution < 1.29 is 0 Å². The van der Waals surface area contributed by atoms with E-state index in [1.54, 1.807) is 0 Å². The van der Waals surface area contributed by atoms with Crippen LogP contribution < -0.4 is 5.32 Å². The average molecular weight is 221 g/mol. The molecular formula is C13H23N3. The summed E-state index contributed by atoms with van der Waals surface area (Å²) in [5.41, 5.74) is 1.84. The van der Waals surface area contributed by atoms with Gasteiger partial charge in [-0.25, -0.2) is 0 Å². The number of nitrogens with zero attached hydrogens (tertiary/aromatic N) is 2. The number of rotatable bonds is 5. The van der Waals surface area contributed by atoms with Crippen LogP contribution in [-0.4, -0.2) is 16.3 Å². The zero-order valence-corrected chi connectivity index (χ0v) is 10.8. The molecule has 1 heterocycles. The van der Waals surface area contributed by atoms with Gasteiger partial charge >= 0.3 is 0 Å². The van der Waals surface area contributed by atoms with Gasteiger partial charge in [-0.3, -0.25) is 4.68 Å². The van der Waals surface area contributed by atoms with Crippen LogP contribution in [-0.2, 0) is 7.05 Å². The van der Waals surface area contributed by atoms with Gasteiger partial charge in [-0.1, -0.05) is 20.8 Å². The summed E-state index contributed by atoms with van der Waals surface area (Å²) in [6.45, 7) is 8.01. The van der Waals surface area contributed by atoms with Crippen LogP contribution >= 0.6 is 0 Å². The Morgan fingerprint density at radius 3 is 2.75 bits per heavy atom. The summed E-state index contributed by atoms with van der Waals surface area (Å²) < 4.78 is 1.89. The molecular weight excluding hydrogens is 198 g/mol. The standard InChI is InChI=1S/C13H23N3/c1-5-6-14-12(11-7-13(11,2)3)10-8-15-16(4)9-10/h8-9,11-12,14H,5-7H2,1-4H3. The van der Waals surface area contributed by atoms with Gasteiger partial charge in [0.05, 0.1) is 6.20 Å². The van der Waals surface area contributed by atoms with Crippen molar-refractivity contribution in [3.05, 3.63) is 18.0 Å². The fourth-order valence-electron chi connectivity index (χ4n) is 2.47. The third-order valence-electron chi connectivity index (χ3n) is 3.69. The Kier molecular flexibility index (Phi) is 3.06. The zero-order valence-electron chi connectivity index (χ0n) is 10.8. The average Bonchev–Trinajstić information content (AvgIpc) is 2.64. The summed E-state index contributed by atoms with van der Waals surface area (Å²) >= 11 is 0. The van der Waals surface area contributed by atoms with Crippen molar-refractivity contribution in [2.24, 2.45) is 18.4 Å². The predicted molar refractivity (Wildman–Crippen MR) is 66.1 cm³/mol. The molecule has 0 aliphatic heterocycles. The fraction of sp³-hybridized carbons (Fsp3) is 0.769. The van der Waals surface area contributed by atoms with Crippen molar-refractivity contribution in [2.45, 2.75) is 39.7 Å². The van der Waals surface area contributed by atoms with Gasteiger partial charge in [0.2, 0.25) is 0 Å². The van der Waals surface area contributed by atoms with Crippen LogP contribution in [0.5, 0.6) is 0 Å². The Hall–Kier alpha value is -0.830. The Morgan fingerprint density at radius 2 is 2.31 bits per heavy atom. The van der Waals surface area contributed by atoms with E-state index < -0.39 is 0 Å². The summed E-state index contributed by atoms with van der Waals surface area (Å²) in [6, 6.07) is 0.489. The molecule has 0 aromatic carbocycles. The van der Waals surface area contributed by atoms with Crippen molar-refractivity contribution in [3.8, 4) is 0 Å². The number of aromatic nitrogens is 2. The molecule has 3 nitrogen and oxygen atoms in total. The molecule has 90 valence electrons. The van der Waals surface area contributed by atoms with Crippen molar-refractivity contribution in [1.82, 2.24) is 15.1 Å². The molecule has 1 aromatic heterocycles. The molecule has 2 unspecified atom stereocenters. The van der Waals surface area contributed by atoms with E-state index in [0.29, 0.717) is 11.5 Å². The molecule has 0 radical (unpaired) electrons. The summed E-state index contributed by atoms with van der Waals surface area (Å²) in [5.74, 6) is 0.767. The topological polar surface area (TPSA) is 29.9 Å². The van der Waals surface area contributed by atoms with Gasteiger partial charge in [0.15, 0.2) is 0 Å². The Labute approximate surface area is 98.2 Å². The molecule has 0 spiro atoms. The Morgan fingerprint density at radius 1 is 1.62 bits per heavy atom. The van der Waals surface area contributed by atoms with Crippen LogP contribution in [0.4, 0.5) is 0 Å². The smallest absolute Gasteiger partial charge is 0.0537 e. The summed E-state index contributed by atoms with van der Waals surface area (Å²) in [5, 5.41) is 7.94. The monoisotopic (exact) mass is 221 g/mol. The largest absolute Gasteiger partial charge is 0.310 e. The van der Waals surface area contributed by atoms with Gasteiger partial charge < -0.3 is 5.32 Å². The van der Waals surface area contributed by atoms with Crippen molar-refractivity contribution >= 4 is 0 Å². The minimum atomic E-state index is 0.489. The molecule has 1 saturated carbocycles.